The minimum atomic E-state index is -0.793. The lowest BCUT2D eigenvalue weighted by molar-refractivity contribution is -0.140. The molecule has 15 heavy (non-hydrogen) atoms. The minimum absolute atomic E-state index is 0.356. The molecule has 1 fully saturated rings. The molecule has 1 rings (SSSR count). The third kappa shape index (κ3) is 3.44. The van der Waals surface area contributed by atoms with E-state index >= 15 is 0 Å². The zero-order chi connectivity index (χ0) is 11.3. The number of carbonyl (C=O) groups is 1. The Hall–Kier alpha value is -0.650. The molecule has 88 valence electrons. The highest BCUT2D eigenvalue weighted by molar-refractivity contribution is 5.73. The number of hydrogen-bond acceptors (Lipinski definition) is 4. The number of rotatable bonds is 5. The molecular weight excluding hydrogens is 196 g/mol. The summed E-state index contributed by atoms with van der Waals surface area (Å²) < 4.78 is 5.37. The van der Waals surface area contributed by atoms with Crippen LogP contribution in [0.1, 0.15) is 13.3 Å². The van der Waals surface area contributed by atoms with E-state index in [-0.39, 0.29) is 0 Å². The van der Waals surface area contributed by atoms with Crippen molar-refractivity contribution in [2.24, 2.45) is 0 Å². The normalized spacial score (nSPS) is 25.1. The van der Waals surface area contributed by atoms with Gasteiger partial charge in [0.05, 0.1) is 13.2 Å². The first kappa shape index (κ1) is 12.4. The molecule has 0 bridgehead atoms. The molecule has 0 aromatic heterocycles. The number of nitrogens with zero attached hydrogens (tertiary/aromatic N) is 1. The van der Waals surface area contributed by atoms with Gasteiger partial charge >= 0.3 is 5.97 Å². The van der Waals surface area contributed by atoms with Gasteiger partial charge < -0.3 is 15.2 Å². The summed E-state index contributed by atoms with van der Waals surface area (Å²) in [5.74, 6) is -0.793. The van der Waals surface area contributed by atoms with E-state index in [0.717, 1.165) is 13.0 Å². The summed E-state index contributed by atoms with van der Waals surface area (Å²) in [5, 5.41) is 11.8. The topological polar surface area (TPSA) is 61.8 Å². The minimum Gasteiger partial charge on any atom is -0.480 e. The first-order chi connectivity index (χ1) is 7.19. The number of nitrogens with one attached hydrogen (secondary N) is 1. The molecule has 1 aliphatic rings. The van der Waals surface area contributed by atoms with Crippen molar-refractivity contribution in [3.8, 4) is 0 Å². The zero-order valence-corrected chi connectivity index (χ0v) is 9.40. The monoisotopic (exact) mass is 216 g/mol. The number of morpholine rings is 1. The summed E-state index contributed by atoms with van der Waals surface area (Å²) in [6.07, 6.45) is 0.996. The maximum atomic E-state index is 10.9. The molecule has 0 radical (unpaired) electrons. The van der Waals surface area contributed by atoms with Crippen LogP contribution in [0.5, 0.6) is 0 Å². The summed E-state index contributed by atoms with van der Waals surface area (Å²) in [6, 6.07) is -0.133. The van der Waals surface area contributed by atoms with Crippen LogP contribution in [0.3, 0.4) is 0 Å². The van der Waals surface area contributed by atoms with Crippen LogP contribution in [0.2, 0.25) is 0 Å². The molecular formula is C10H20N2O3. The molecule has 0 saturated carbocycles. The molecule has 0 aromatic rings. The average molecular weight is 216 g/mol. The highest BCUT2D eigenvalue weighted by Gasteiger charge is 2.26. The van der Waals surface area contributed by atoms with Gasteiger partial charge in [0.15, 0.2) is 0 Å². The number of carboxylic acid groups (broad SMARTS) is 1. The van der Waals surface area contributed by atoms with Crippen molar-refractivity contribution in [1.82, 2.24) is 10.2 Å². The molecule has 2 unspecified atom stereocenters. The van der Waals surface area contributed by atoms with Gasteiger partial charge in [0.25, 0.3) is 0 Å². The molecule has 0 amide bonds. The highest BCUT2D eigenvalue weighted by Crippen LogP contribution is 2.10. The Morgan fingerprint density at radius 1 is 1.73 bits per heavy atom. The molecule has 5 nitrogen and oxygen atoms in total. The van der Waals surface area contributed by atoms with Crippen LogP contribution in [0.25, 0.3) is 0 Å². The van der Waals surface area contributed by atoms with Crippen molar-refractivity contribution in [2.75, 3.05) is 33.4 Å². The first-order valence-corrected chi connectivity index (χ1v) is 5.40. The molecule has 5 heteroatoms. The molecule has 0 aliphatic carbocycles. The van der Waals surface area contributed by atoms with Gasteiger partial charge in [0.2, 0.25) is 0 Å². The van der Waals surface area contributed by atoms with Gasteiger partial charge in [-0.3, -0.25) is 9.69 Å². The van der Waals surface area contributed by atoms with Crippen LogP contribution in [0.4, 0.5) is 0 Å². The Bertz CT molecular complexity index is 211. The van der Waals surface area contributed by atoms with E-state index in [1.807, 2.05) is 0 Å². The van der Waals surface area contributed by atoms with E-state index in [1.165, 1.54) is 0 Å². The first-order valence-electron chi connectivity index (χ1n) is 5.40. The fourth-order valence-corrected chi connectivity index (χ4v) is 1.83. The third-order valence-electron chi connectivity index (χ3n) is 2.88. The van der Waals surface area contributed by atoms with Crippen LogP contribution in [0.15, 0.2) is 0 Å². The molecule has 1 aliphatic heterocycles. The van der Waals surface area contributed by atoms with Crippen LogP contribution in [-0.4, -0.2) is 61.4 Å². The van der Waals surface area contributed by atoms with E-state index in [2.05, 4.69) is 17.1 Å². The van der Waals surface area contributed by atoms with Crippen LogP contribution >= 0.6 is 0 Å². The molecule has 2 N–H and O–H groups in total. The highest BCUT2D eigenvalue weighted by atomic mass is 16.5. The second-order valence-electron chi connectivity index (χ2n) is 3.81. The summed E-state index contributed by atoms with van der Waals surface area (Å²) in [7, 11) is 1.68. The van der Waals surface area contributed by atoms with Gasteiger partial charge in [-0.2, -0.15) is 0 Å². The quantitative estimate of drug-likeness (QED) is 0.664. The second-order valence-corrected chi connectivity index (χ2v) is 3.81. The smallest absolute Gasteiger partial charge is 0.322 e. The van der Waals surface area contributed by atoms with E-state index < -0.39 is 12.0 Å². The maximum Gasteiger partial charge on any atom is 0.322 e. The van der Waals surface area contributed by atoms with Crippen molar-refractivity contribution < 1.29 is 14.6 Å². The van der Waals surface area contributed by atoms with Gasteiger partial charge in [0, 0.05) is 19.1 Å². The molecule has 1 heterocycles. The number of ether oxygens (including phenoxy) is 1. The summed E-state index contributed by atoms with van der Waals surface area (Å²) in [6.45, 7) is 4.89. The fourth-order valence-electron chi connectivity index (χ4n) is 1.83. The van der Waals surface area contributed by atoms with Crippen LogP contribution in [-0.2, 0) is 9.53 Å². The second kappa shape index (κ2) is 6.05. The Morgan fingerprint density at radius 3 is 3.00 bits per heavy atom. The molecule has 0 aromatic carbocycles. The Kier molecular flexibility index (Phi) is 5.01. The Labute approximate surface area is 90.4 Å². The Balaban J connectivity index is 2.49. The van der Waals surface area contributed by atoms with Crippen LogP contribution in [0, 0.1) is 0 Å². The predicted octanol–water partition coefficient (Wildman–Crippen LogP) is -0.230. The SMILES string of the molecule is CCC1COCCN1CC(NC)C(=O)O. The summed E-state index contributed by atoms with van der Waals surface area (Å²) in [5.41, 5.74) is 0. The lowest BCUT2D eigenvalue weighted by Crippen LogP contribution is -2.52. The van der Waals surface area contributed by atoms with E-state index in [0.29, 0.717) is 25.8 Å². The summed E-state index contributed by atoms with van der Waals surface area (Å²) >= 11 is 0. The average Bonchev–Trinajstić information content (AvgIpc) is 2.25. The summed E-state index contributed by atoms with van der Waals surface area (Å²) in [4.78, 5) is 13.1. The van der Waals surface area contributed by atoms with Crippen molar-refractivity contribution in [1.29, 1.82) is 0 Å². The Morgan fingerprint density at radius 2 is 2.47 bits per heavy atom. The zero-order valence-electron chi connectivity index (χ0n) is 9.40. The molecule has 1 saturated heterocycles. The van der Waals surface area contributed by atoms with Crippen molar-refractivity contribution in [3.05, 3.63) is 0 Å². The van der Waals surface area contributed by atoms with Gasteiger partial charge in [-0.05, 0) is 13.5 Å². The predicted molar refractivity (Wildman–Crippen MR) is 57.0 cm³/mol. The largest absolute Gasteiger partial charge is 0.480 e. The van der Waals surface area contributed by atoms with Gasteiger partial charge in [-0.1, -0.05) is 6.92 Å². The maximum absolute atomic E-state index is 10.9. The van der Waals surface area contributed by atoms with E-state index in [4.69, 9.17) is 9.84 Å². The van der Waals surface area contributed by atoms with Gasteiger partial charge in [-0.25, -0.2) is 0 Å². The fraction of sp³-hybridized carbons (Fsp3) is 0.900. The van der Waals surface area contributed by atoms with Crippen molar-refractivity contribution in [2.45, 2.75) is 25.4 Å². The van der Waals surface area contributed by atoms with E-state index in [1.54, 1.807) is 7.05 Å². The third-order valence-corrected chi connectivity index (χ3v) is 2.88. The van der Waals surface area contributed by atoms with Crippen molar-refractivity contribution >= 4 is 5.97 Å². The number of hydrogen-bond donors (Lipinski definition) is 2. The van der Waals surface area contributed by atoms with Gasteiger partial charge in [0.1, 0.15) is 6.04 Å². The standard InChI is InChI=1S/C10H20N2O3/c1-3-8-7-15-5-4-12(8)6-9(11-2)10(13)14/h8-9,11H,3-7H2,1-2H3,(H,13,14). The van der Waals surface area contributed by atoms with E-state index in [9.17, 15) is 4.79 Å². The lowest BCUT2D eigenvalue weighted by Gasteiger charge is -2.36. The number of likely N-dealkylation sites (N-methyl/N-ethyl adjacent to an activating group) is 1. The lowest BCUT2D eigenvalue weighted by atomic mass is 10.1. The number of carboxylic acids is 1. The molecule has 2 atom stereocenters. The van der Waals surface area contributed by atoms with Crippen LogP contribution < -0.4 is 5.32 Å². The molecule has 0 spiro atoms. The van der Waals surface area contributed by atoms with Crippen molar-refractivity contribution in [3.63, 3.8) is 0 Å². The van der Waals surface area contributed by atoms with Gasteiger partial charge in [-0.15, -0.1) is 0 Å². The number of aliphatic carboxylic acids is 1.